The van der Waals surface area contributed by atoms with Crippen molar-refractivity contribution in [2.75, 3.05) is 13.7 Å². The molecule has 1 aromatic carbocycles. The molecular formula is C15H23NO3. The molecule has 0 saturated heterocycles. The van der Waals surface area contributed by atoms with E-state index in [1.807, 2.05) is 12.1 Å². The monoisotopic (exact) mass is 265 g/mol. The number of methoxy groups -OCH3 is 1. The van der Waals surface area contributed by atoms with E-state index in [4.69, 9.17) is 9.47 Å². The third-order valence-corrected chi connectivity index (χ3v) is 3.34. The van der Waals surface area contributed by atoms with Crippen molar-refractivity contribution < 1.29 is 14.6 Å². The molecule has 19 heavy (non-hydrogen) atoms. The summed E-state index contributed by atoms with van der Waals surface area (Å²) >= 11 is 0. The van der Waals surface area contributed by atoms with Gasteiger partial charge in [-0.15, -0.1) is 0 Å². The second-order valence-corrected chi connectivity index (χ2v) is 5.39. The lowest BCUT2D eigenvalue weighted by Gasteiger charge is -2.22. The lowest BCUT2D eigenvalue weighted by atomic mass is 10.0. The van der Waals surface area contributed by atoms with E-state index < -0.39 is 0 Å². The van der Waals surface area contributed by atoms with Crippen molar-refractivity contribution in [2.24, 2.45) is 0 Å². The van der Waals surface area contributed by atoms with Crippen molar-refractivity contribution >= 4 is 0 Å². The summed E-state index contributed by atoms with van der Waals surface area (Å²) in [7, 11) is 1.66. The number of hydrogen-bond acceptors (Lipinski definition) is 4. The van der Waals surface area contributed by atoms with Crippen molar-refractivity contribution in [2.45, 2.75) is 45.4 Å². The summed E-state index contributed by atoms with van der Waals surface area (Å²) in [6.45, 7) is 6.20. The van der Waals surface area contributed by atoms with Crippen LogP contribution in [0.3, 0.4) is 0 Å². The van der Waals surface area contributed by atoms with Gasteiger partial charge in [0.1, 0.15) is 17.6 Å². The molecule has 0 spiro atoms. The van der Waals surface area contributed by atoms with Gasteiger partial charge in [-0.25, -0.2) is 0 Å². The minimum Gasteiger partial charge on any atom is -0.496 e. The van der Waals surface area contributed by atoms with E-state index >= 15 is 0 Å². The minimum absolute atomic E-state index is 0.0306. The molecule has 4 heteroatoms. The van der Waals surface area contributed by atoms with Gasteiger partial charge in [0.15, 0.2) is 0 Å². The summed E-state index contributed by atoms with van der Waals surface area (Å²) in [6.07, 6.45) is 1.12. The standard InChI is InChI=1S/C15H23NO3/c1-9(2)16-13(8-17)12-7-14-11(5-10(3)19-14)6-15(12)18-4/h6-7,9-10,13,16-17H,5,8H2,1-4H3. The first-order valence-electron chi connectivity index (χ1n) is 6.79. The number of aliphatic hydroxyl groups is 1. The molecule has 2 unspecified atom stereocenters. The third kappa shape index (κ3) is 3.01. The highest BCUT2D eigenvalue weighted by Gasteiger charge is 2.24. The van der Waals surface area contributed by atoms with E-state index in [1.54, 1.807) is 7.11 Å². The minimum atomic E-state index is -0.139. The highest BCUT2D eigenvalue weighted by atomic mass is 16.5. The maximum atomic E-state index is 9.59. The van der Waals surface area contributed by atoms with Crippen LogP contribution in [0.2, 0.25) is 0 Å². The van der Waals surface area contributed by atoms with Gasteiger partial charge in [-0.1, -0.05) is 13.8 Å². The number of fused-ring (bicyclic) bond motifs is 1. The maximum absolute atomic E-state index is 9.59. The molecule has 106 valence electrons. The van der Waals surface area contributed by atoms with Crippen LogP contribution in [-0.4, -0.2) is 31.0 Å². The molecule has 2 atom stereocenters. The van der Waals surface area contributed by atoms with Gasteiger partial charge in [0.2, 0.25) is 0 Å². The molecule has 0 fully saturated rings. The molecule has 2 N–H and O–H groups in total. The third-order valence-electron chi connectivity index (χ3n) is 3.34. The fourth-order valence-electron chi connectivity index (χ4n) is 2.55. The van der Waals surface area contributed by atoms with Crippen LogP contribution in [0.25, 0.3) is 0 Å². The zero-order chi connectivity index (χ0) is 14.0. The fraction of sp³-hybridized carbons (Fsp3) is 0.600. The van der Waals surface area contributed by atoms with E-state index in [9.17, 15) is 5.11 Å². The van der Waals surface area contributed by atoms with Gasteiger partial charge in [0.05, 0.1) is 19.8 Å². The summed E-state index contributed by atoms with van der Waals surface area (Å²) in [5.74, 6) is 1.72. The van der Waals surface area contributed by atoms with Crippen molar-refractivity contribution in [1.82, 2.24) is 5.32 Å². The van der Waals surface area contributed by atoms with Gasteiger partial charge in [0.25, 0.3) is 0 Å². The highest BCUT2D eigenvalue weighted by molar-refractivity contribution is 5.50. The Morgan fingerprint density at radius 2 is 2.21 bits per heavy atom. The first-order valence-corrected chi connectivity index (χ1v) is 6.79. The molecule has 1 heterocycles. The van der Waals surface area contributed by atoms with Gasteiger partial charge >= 0.3 is 0 Å². The number of nitrogens with one attached hydrogen (secondary N) is 1. The number of hydrogen-bond donors (Lipinski definition) is 2. The second-order valence-electron chi connectivity index (χ2n) is 5.39. The smallest absolute Gasteiger partial charge is 0.124 e. The van der Waals surface area contributed by atoms with Crippen molar-refractivity contribution in [3.8, 4) is 11.5 Å². The molecule has 0 saturated carbocycles. The first-order chi connectivity index (χ1) is 9.05. The van der Waals surface area contributed by atoms with Gasteiger partial charge in [-0.05, 0) is 19.1 Å². The van der Waals surface area contributed by atoms with Crippen LogP contribution < -0.4 is 14.8 Å². The number of benzene rings is 1. The second kappa shape index (κ2) is 5.80. The zero-order valence-electron chi connectivity index (χ0n) is 12.1. The van der Waals surface area contributed by atoms with Gasteiger partial charge in [-0.2, -0.15) is 0 Å². The summed E-state index contributed by atoms with van der Waals surface area (Å²) in [4.78, 5) is 0. The van der Waals surface area contributed by atoms with Crippen LogP contribution in [-0.2, 0) is 6.42 Å². The van der Waals surface area contributed by atoms with Crippen LogP contribution in [0, 0.1) is 0 Å². The van der Waals surface area contributed by atoms with E-state index in [1.165, 1.54) is 5.56 Å². The average Bonchev–Trinajstić information content (AvgIpc) is 2.73. The van der Waals surface area contributed by atoms with Gasteiger partial charge in [0, 0.05) is 23.6 Å². The van der Waals surface area contributed by atoms with Crippen molar-refractivity contribution in [3.63, 3.8) is 0 Å². The lowest BCUT2D eigenvalue weighted by molar-refractivity contribution is 0.232. The molecule has 0 aromatic heterocycles. The Balaban J connectivity index is 2.36. The summed E-state index contributed by atoms with van der Waals surface area (Å²) in [5, 5.41) is 12.9. The highest BCUT2D eigenvalue weighted by Crippen LogP contribution is 2.37. The summed E-state index contributed by atoms with van der Waals surface area (Å²) in [6, 6.07) is 4.17. The lowest BCUT2D eigenvalue weighted by Crippen LogP contribution is -2.30. The molecule has 0 amide bonds. The number of rotatable bonds is 5. The van der Waals surface area contributed by atoms with Crippen LogP contribution >= 0.6 is 0 Å². The van der Waals surface area contributed by atoms with Crippen LogP contribution in [0.1, 0.15) is 37.9 Å². The van der Waals surface area contributed by atoms with Crippen LogP contribution in [0.15, 0.2) is 12.1 Å². The van der Waals surface area contributed by atoms with E-state index in [0.717, 1.165) is 23.5 Å². The Morgan fingerprint density at radius 1 is 1.47 bits per heavy atom. The van der Waals surface area contributed by atoms with E-state index in [0.29, 0.717) is 0 Å². The summed E-state index contributed by atoms with van der Waals surface area (Å²) in [5.41, 5.74) is 2.13. The predicted molar refractivity (Wildman–Crippen MR) is 74.9 cm³/mol. The zero-order valence-corrected chi connectivity index (χ0v) is 12.1. The van der Waals surface area contributed by atoms with Crippen molar-refractivity contribution in [3.05, 3.63) is 23.3 Å². The number of aliphatic hydroxyl groups excluding tert-OH is 1. The number of ether oxygens (including phenoxy) is 2. The maximum Gasteiger partial charge on any atom is 0.124 e. The molecule has 0 bridgehead atoms. The fourth-order valence-corrected chi connectivity index (χ4v) is 2.55. The predicted octanol–water partition coefficient (Wildman–Crippen LogP) is 2.05. The molecule has 2 rings (SSSR count). The molecule has 0 radical (unpaired) electrons. The largest absolute Gasteiger partial charge is 0.496 e. The SMILES string of the molecule is COc1cc2c(cc1C(CO)NC(C)C)OC(C)C2. The Morgan fingerprint density at radius 3 is 2.79 bits per heavy atom. The molecule has 1 aliphatic heterocycles. The Kier molecular flexibility index (Phi) is 4.32. The van der Waals surface area contributed by atoms with E-state index in [2.05, 4.69) is 26.1 Å². The molecule has 1 aromatic rings. The van der Waals surface area contributed by atoms with Gasteiger partial charge in [-0.3, -0.25) is 0 Å². The molecular weight excluding hydrogens is 242 g/mol. The Labute approximate surface area is 114 Å². The van der Waals surface area contributed by atoms with Gasteiger partial charge < -0.3 is 19.9 Å². The first kappa shape index (κ1) is 14.2. The summed E-state index contributed by atoms with van der Waals surface area (Å²) < 4.78 is 11.2. The van der Waals surface area contributed by atoms with E-state index in [-0.39, 0.29) is 24.8 Å². The Bertz CT molecular complexity index is 445. The Hall–Kier alpha value is -1.26. The quantitative estimate of drug-likeness (QED) is 0.855. The molecule has 4 nitrogen and oxygen atoms in total. The van der Waals surface area contributed by atoms with Crippen LogP contribution in [0.4, 0.5) is 0 Å². The van der Waals surface area contributed by atoms with Crippen LogP contribution in [0.5, 0.6) is 11.5 Å². The molecule has 0 aliphatic carbocycles. The average molecular weight is 265 g/mol. The molecule has 1 aliphatic rings. The normalized spacial score (nSPS) is 19.2. The topological polar surface area (TPSA) is 50.7 Å². The van der Waals surface area contributed by atoms with Crippen molar-refractivity contribution in [1.29, 1.82) is 0 Å².